The topological polar surface area (TPSA) is 125 Å². The van der Waals surface area contributed by atoms with E-state index in [9.17, 15) is 24.5 Å². The Kier molecular flexibility index (Phi) is 6.19. The number of carbonyl (C=O) groups excluding carboxylic acids is 3. The van der Waals surface area contributed by atoms with Crippen LogP contribution in [-0.4, -0.2) is 48.4 Å². The largest absolute Gasteiger partial charge is 0.493 e. The summed E-state index contributed by atoms with van der Waals surface area (Å²) in [5.74, 6) is -1.45. The minimum atomic E-state index is -1.07. The molecule has 0 aliphatic carbocycles. The first-order valence-electron chi connectivity index (χ1n) is 9.36. The Morgan fingerprint density at radius 3 is 2.48 bits per heavy atom. The molecule has 0 N–H and O–H groups in total. The molecule has 0 aromatic heterocycles. The second-order valence-corrected chi connectivity index (χ2v) is 6.58. The Hall–Kier alpha value is -3.95. The Bertz CT molecular complexity index is 1070. The van der Waals surface area contributed by atoms with Crippen LogP contribution < -0.4 is 9.47 Å². The maximum Gasteiger partial charge on any atom is 0.307 e. The van der Waals surface area contributed by atoms with E-state index in [4.69, 9.17) is 14.2 Å². The molecular formula is C21H20N2O8. The molecule has 0 fully saturated rings. The van der Waals surface area contributed by atoms with Crippen LogP contribution in [0.15, 0.2) is 36.4 Å². The number of hydrogen-bond acceptors (Lipinski definition) is 8. The molecule has 2 amide bonds. The van der Waals surface area contributed by atoms with E-state index in [1.54, 1.807) is 25.1 Å². The highest BCUT2D eigenvalue weighted by molar-refractivity contribution is 6.23. The van der Waals surface area contributed by atoms with Gasteiger partial charge in [0.15, 0.2) is 11.5 Å². The summed E-state index contributed by atoms with van der Waals surface area (Å²) in [7, 11) is 2.65. The molecule has 1 aliphatic rings. The molecule has 31 heavy (non-hydrogen) atoms. The van der Waals surface area contributed by atoms with E-state index in [0.717, 1.165) is 11.0 Å². The number of esters is 1. The number of nitro benzene ring substituents is 1. The van der Waals surface area contributed by atoms with E-state index in [2.05, 4.69) is 0 Å². The maximum absolute atomic E-state index is 13.1. The lowest BCUT2D eigenvalue weighted by Gasteiger charge is -2.26. The number of fused-ring (bicyclic) bond motifs is 1. The number of nitrogens with zero attached hydrogens (tertiary/aromatic N) is 2. The Morgan fingerprint density at radius 2 is 1.87 bits per heavy atom. The van der Waals surface area contributed by atoms with E-state index >= 15 is 0 Å². The summed E-state index contributed by atoms with van der Waals surface area (Å²) in [6, 6.07) is 7.51. The van der Waals surface area contributed by atoms with Crippen molar-refractivity contribution in [2.75, 3.05) is 20.8 Å². The van der Waals surface area contributed by atoms with Crippen LogP contribution in [0.1, 0.15) is 45.7 Å². The van der Waals surface area contributed by atoms with Crippen molar-refractivity contribution in [3.8, 4) is 11.5 Å². The number of benzene rings is 2. The van der Waals surface area contributed by atoms with Crippen molar-refractivity contribution in [1.29, 1.82) is 0 Å². The summed E-state index contributed by atoms with van der Waals surface area (Å²) in [6.45, 7) is 2.11. The first kappa shape index (κ1) is 21.8. The minimum absolute atomic E-state index is 0.0902. The Labute approximate surface area is 177 Å². The zero-order valence-electron chi connectivity index (χ0n) is 17.1. The smallest absolute Gasteiger partial charge is 0.307 e. The maximum atomic E-state index is 13.1. The van der Waals surface area contributed by atoms with Crippen molar-refractivity contribution < 1.29 is 33.5 Å². The highest BCUT2D eigenvalue weighted by Gasteiger charge is 2.45. The van der Waals surface area contributed by atoms with Crippen molar-refractivity contribution in [2.24, 2.45) is 0 Å². The summed E-state index contributed by atoms with van der Waals surface area (Å²) < 4.78 is 15.6. The zero-order valence-corrected chi connectivity index (χ0v) is 17.1. The number of imide groups is 1. The lowest BCUT2D eigenvalue weighted by molar-refractivity contribution is -0.385. The molecule has 162 valence electrons. The van der Waals surface area contributed by atoms with E-state index in [-0.39, 0.29) is 17.5 Å². The van der Waals surface area contributed by atoms with Crippen molar-refractivity contribution in [1.82, 2.24) is 4.90 Å². The number of hydrogen-bond donors (Lipinski definition) is 0. The molecule has 0 saturated heterocycles. The summed E-state index contributed by atoms with van der Waals surface area (Å²) in [5, 5.41) is 11.4. The number of amides is 2. The molecule has 1 unspecified atom stereocenters. The Morgan fingerprint density at radius 1 is 1.13 bits per heavy atom. The molecule has 3 rings (SSSR count). The van der Waals surface area contributed by atoms with Gasteiger partial charge in [-0.3, -0.25) is 29.4 Å². The van der Waals surface area contributed by atoms with Gasteiger partial charge in [-0.05, 0) is 30.7 Å². The molecule has 0 saturated carbocycles. The summed E-state index contributed by atoms with van der Waals surface area (Å²) in [6.07, 6.45) is -0.340. The van der Waals surface area contributed by atoms with Crippen LogP contribution >= 0.6 is 0 Å². The molecule has 1 aliphatic heterocycles. The van der Waals surface area contributed by atoms with Gasteiger partial charge in [0.05, 0.1) is 43.8 Å². The van der Waals surface area contributed by atoms with Gasteiger partial charge in [0.2, 0.25) is 0 Å². The van der Waals surface area contributed by atoms with E-state index in [1.807, 2.05) is 0 Å². The van der Waals surface area contributed by atoms with Crippen molar-refractivity contribution in [3.63, 3.8) is 0 Å². The molecule has 10 heteroatoms. The van der Waals surface area contributed by atoms with Crippen molar-refractivity contribution in [2.45, 2.75) is 19.4 Å². The summed E-state index contributed by atoms with van der Waals surface area (Å²) >= 11 is 0. The van der Waals surface area contributed by atoms with Crippen molar-refractivity contribution >= 4 is 23.5 Å². The average Bonchev–Trinajstić information content (AvgIpc) is 3.02. The third-order valence-electron chi connectivity index (χ3n) is 4.89. The van der Waals surface area contributed by atoms with Gasteiger partial charge in [-0.1, -0.05) is 12.1 Å². The zero-order chi connectivity index (χ0) is 22.7. The molecule has 2 aromatic rings. The highest BCUT2D eigenvalue weighted by atomic mass is 16.6. The fourth-order valence-electron chi connectivity index (χ4n) is 3.49. The van der Waals surface area contributed by atoms with Gasteiger partial charge in [-0.15, -0.1) is 0 Å². The minimum Gasteiger partial charge on any atom is -0.493 e. The molecule has 1 heterocycles. The number of rotatable bonds is 8. The Balaban J connectivity index is 2.12. The lowest BCUT2D eigenvalue weighted by Crippen LogP contribution is -2.35. The normalized spacial score (nSPS) is 13.6. The third kappa shape index (κ3) is 3.91. The van der Waals surface area contributed by atoms with E-state index in [0.29, 0.717) is 23.7 Å². The molecule has 10 nitrogen and oxygen atoms in total. The molecule has 0 bridgehead atoms. The second kappa shape index (κ2) is 8.82. The van der Waals surface area contributed by atoms with Crippen molar-refractivity contribution in [3.05, 3.63) is 63.2 Å². The van der Waals surface area contributed by atoms with Crippen LogP contribution in [0, 0.1) is 10.1 Å². The van der Waals surface area contributed by atoms with Crippen LogP contribution in [0.5, 0.6) is 11.5 Å². The van der Waals surface area contributed by atoms with Gasteiger partial charge in [-0.2, -0.15) is 0 Å². The number of nitro groups is 1. The van der Waals surface area contributed by atoms with E-state index < -0.39 is 34.4 Å². The number of methoxy groups -OCH3 is 2. The van der Waals surface area contributed by atoms with Gasteiger partial charge in [0.1, 0.15) is 5.56 Å². The fourth-order valence-corrected chi connectivity index (χ4v) is 3.49. The predicted octanol–water partition coefficient (Wildman–Crippen LogP) is 2.90. The molecular weight excluding hydrogens is 408 g/mol. The molecule has 1 atom stereocenters. The van der Waals surface area contributed by atoms with E-state index in [1.165, 1.54) is 26.4 Å². The van der Waals surface area contributed by atoms with Crippen LogP contribution in [0.25, 0.3) is 0 Å². The van der Waals surface area contributed by atoms with Crippen LogP contribution in [-0.2, 0) is 9.53 Å². The van der Waals surface area contributed by atoms with Gasteiger partial charge < -0.3 is 14.2 Å². The number of ether oxygens (including phenoxy) is 3. The quantitative estimate of drug-likeness (QED) is 0.272. The van der Waals surface area contributed by atoms with Gasteiger partial charge >= 0.3 is 5.97 Å². The SMILES string of the molecule is CCOc1cc(C(CC(=O)OC)N2C(=O)c3cccc([N+](=O)[O-])c3C2=O)ccc1OC. The van der Waals surface area contributed by atoms with Gasteiger partial charge in [-0.25, -0.2) is 0 Å². The highest BCUT2D eigenvalue weighted by Crippen LogP contribution is 2.39. The standard InChI is InChI=1S/C21H20N2O8/c1-4-31-17-10-12(8-9-16(17)29-2)15(11-18(24)30-3)22-20(25)13-6-5-7-14(23(27)28)19(13)21(22)26/h5-10,15H,4,11H2,1-3H3. The van der Waals surface area contributed by atoms with Crippen LogP contribution in [0.3, 0.4) is 0 Å². The first-order valence-corrected chi connectivity index (χ1v) is 9.36. The van der Waals surface area contributed by atoms with Crippen LogP contribution in [0.2, 0.25) is 0 Å². The second-order valence-electron chi connectivity index (χ2n) is 6.58. The third-order valence-corrected chi connectivity index (χ3v) is 4.89. The molecule has 0 spiro atoms. The lowest BCUT2D eigenvalue weighted by atomic mass is 10.0. The summed E-state index contributed by atoms with van der Waals surface area (Å²) in [4.78, 5) is 49.9. The number of carbonyl (C=O) groups is 3. The predicted molar refractivity (Wildman–Crippen MR) is 107 cm³/mol. The van der Waals surface area contributed by atoms with Crippen LogP contribution in [0.4, 0.5) is 5.69 Å². The summed E-state index contributed by atoms with van der Waals surface area (Å²) in [5.41, 5.74) is -0.453. The average molecular weight is 428 g/mol. The molecule has 0 radical (unpaired) electrons. The fraction of sp³-hybridized carbons (Fsp3) is 0.286. The first-order chi connectivity index (χ1) is 14.8. The monoisotopic (exact) mass is 428 g/mol. The molecule has 2 aromatic carbocycles. The van der Waals surface area contributed by atoms with Gasteiger partial charge in [0.25, 0.3) is 17.5 Å². The van der Waals surface area contributed by atoms with Gasteiger partial charge in [0, 0.05) is 6.07 Å².